The number of hydrogen-bond donors (Lipinski definition) is 2. The third-order valence-electron chi connectivity index (χ3n) is 3.34. The average Bonchev–Trinajstić information content (AvgIpc) is 3.04. The highest BCUT2D eigenvalue weighted by atomic mass is 35.5. The molecule has 0 spiro atoms. The van der Waals surface area contributed by atoms with Crippen LogP contribution in [0.2, 0.25) is 5.02 Å². The van der Waals surface area contributed by atoms with Gasteiger partial charge in [-0.05, 0) is 48.9 Å². The minimum Gasteiger partial charge on any atom is -0.321 e. The van der Waals surface area contributed by atoms with Crippen LogP contribution >= 0.6 is 22.9 Å². The van der Waals surface area contributed by atoms with Crippen molar-refractivity contribution in [2.75, 3.05) is 10.6 Å². The molecule has 7 heteroatoms. The van der Waals surface area contributed by atoms with E-state index in [4.69, 9.17) is 11.6 Å². The average molecular weight is 372 g/mol. The Morgan fingerprint density at radius 1 is 1.04 bits per heavy atom. The number of benzene rings is 2. The Bertz CT molecular complexity index is 922. The molecule has 0 unspecified atom stereocenters. The van der Waals surface area contributed by atoms with Crippen LogP contribution in [0.15, 0.2) is 53.9 Å². The quantitative estimate of drug-likeness (QED) is 0.703. The van der Waals surface area contributed by atoms with Crippen molar-refractivity contribution < 1.29 is 9.59 Å². The predicted octanol–water partition coefficient (Wildman–Crippen LogP) is 4.61. The van der Waals surface area contributed by atoms with E-state index in [-0.39, 0.29) is 17.5 Å². The summed E-state index contributed by atoms with van der Waals surface area (Å²) in [7, 11) is 0. The second-order valence-corrected chi connectivity index (χ2v) is 6.62. The van der Waals surface area contributed by atoms with Crippen LogP contribution in [0.4, 0.5) is 10.8 Å². The Hall–Kier alpha value is -2.70. The standard InChI is InChI=1S/C18H14ClN3O2S/c1-11-3-2-4-14(9-11)20-17(24)15-10-25-18(21-15)22-16(23)12-5-7-13(19)8-6-12/h2-10H,1H3,(H,20,24)(H,21,22,23). The highest BCUT2D eigenvalue weighted by Gasteiger charge is 2.13. The molecule has 2 N–H and O–H groups in total. The maximum Gasteiger partial charge on any atom is 0.275 e. The number of aryl methyl sites for hydroxylation is 1. The Balaban J connectivity index is 1.66. The molecule has 0 aliphatic carbocycles. The molecule has 3 rings (SSSR count). The molecule has 0 saturated carbocycles. The predicted molar refractivity (Wildman–Crippen MR) is 101 cm³/mol. The first-order chi connectivity index (χ1) is 12.0. The van der Waals surface area contributed by atoms with Gasteiger partial charge in [0.1, 0.15) is 5.69 Å². The van der Waals surface area contributed by atoms with Crippen molar-refractivity contribution in [3.05, 3.63) is 75.8 Å². The third kappa shape index (κ3) is 4.43. The second-order valence-electron chi connectivity index (χ2n) is 5.32. The van der Waals surface area contributed by atoms with Gasteiger partial charge in [0, 0.05) is 21.7 Å². The lowest BCUT2D eigenvalue weighted by Gasteiger charge is -2.04. The number of halogens is 1. The molecule has 126 valence electrons. The van der Waals surface area contributed by atoms with E-state index < -0.39 is 0 Å². The summed E-state index contributed by atoms with van der Waals surface area (Å²) in [6, 6.07) is 14.0. The Labute approximate surface area is 153 Å². The number of rotatable bonds is 4. The smallest absolute Gasteiger partial charge is 0.275 e. The number of aromatic nitrogens is 1. The first-order valence-electron chi connectivity index (χ1n) is 7.42. The van der Waals surface area contributed by atoms with Gasteiger partial charge in [-0.25, -0.2) is 4.98 Å². The van der Waals surface area contributed by atoms with Crippen LogP contribution in [0.25, 0.3) is 0 Å². The van der Waals surface area contributed by atoms with Gasteiger partial charge in [0.15, 0.2) is 5.13 Å². The number of carbonyl (C=O) groups is 2. The molecular formula is C18H14ClN3O2S. The summed E-state index contributed by atoms with van der Waals surface area (Å²) in [4.78, 5) is 28.5. The van der Waals surface area contributed by atoms with Crippen molar-refractivity contribution in [2.45, 2.75) is 6.92 Å². The van der Waals surface area contributed by atoms with E-state index in [0.29, 0.717) is 21.4 Å². The second kappa shape index (κ2) is 7.46. The van der Waals surface area contributed by atoms with E-state index in [1.807, 2.05) is 25.1 Å². The summed E-state index contributed by atoms with van der Waals surface area (Å²) in [5, 5.41) is 7.96. The molecule has 2 amide bonds. The molecule has 0 radical (unpaired) electrons. The Kier molecular flexibility index (Phi) is 5.11. The van der Waals surface area contributed by atoms with Gasteiger partial charge in [0.05, 0.1) is 0 Å². The summed E-state index contributed by atoms with van der Waals surface area (Å²) < 4.78 is 0. The zero-order chi connectivity index (χ0) is 17.8. The lowest BCUT2D eigenvalue weighted by molar-refractivity contribution is 0.101. The molecule has 0 aliphatic rings. The molecule has 1 heterocycles. The van der Waals surface area contributed by atoms with Crippen LogP contribution in [-0.4, -0.2) is 16.8 Å². The molecule has 0 aliphatic heterocycles. The lowest BCUT2D eigenvalue weighted by atomic mass is 10.2. The summed E-state index contributed by atoms with van der Waals surface area (Å²) in [5.41, 5.74) is 2.46. The zero-order valence-electron chi connectivity index (χ0n) is 13.2. The van der Waals surface area contributed by atoms with Crippen molar-refractivity contribution in [1.82, 2.24) is 4.98 Å². The maximum absolute atomic E-state index is 12.2. The number of thiazole rings is 1. The first-order valence-corrected chi connectivity index (χ1v) is 8.67. The van der Waals surface area contributed by atoms with Crippen molar-refractivity contribution in [1.29, 1.82) is 0 Å². The van der Waals surface area contributed by atoms with Crippen LogP contribution < -0.4 is 10.6 Å². The molecule has 0 saturated heterocycles. The lowest BCUT2D eigenvalue weighted by Crippen LogP contribution is -2.14. The third-order valence-corrected chi connectivity index (χ3v) is 4.35. The highest BCUT2D eigenvalue weighted by molar-refractivity contribution is 7.14. The monoisotopic (exact) mass is 371 g/mol. The summed E-state index contributed by atoms with van der Waals surface area (Å²) in [6.45, 7) is 1.95. The fraction of sp³-hybridized carbons (Fsp3) is 0.0556. The van der Waals surface area contributed by atoms with Crippen LogP contribution in [-0.2, 0) is 0 Å². The first kappa shape index (κ1) is 17.1. The number of nitrogens with one attached hydrogen (secondary N) is 2. The number of nitrogens with zero attached hydrogens (tertiary/aromatic N) is 1. The fourth-order valence-corrected chi connectivity index (χ4v) is 2.94. The van der Waals surface area contributed by atoms with Crippen molar-refractivity contribution in [3.8, 4) is 0 Å². The molecule has 0 fully saturated rings. The molecule has 5 nitrogen and oxygen atoms in total. The van der Waals surface area contributed by atoms with Gasteiger partial charge in [-0.1, -0.05) is 23.7 Å². The van der Waals surface area contributed by atoms with Gasteiger partial charge >= 0.3 is 0 Å². The number of anilines is 2. The highest BCUT2D eigenvalue weighted by Crippen LogP contribution is 2.19. The molecule has 0 bridgehead atoms. The SMILES string of the molecule is Cc1cccc(NC(=O)c2csc(NC(=O)c3ccc(Cl)cc3)n2)c1. The minimum absolute atomic E-state index is 0.248. The molecule has 3 aromatic rings. The Morgan fingerprint density at radius 2 is 1.80 bits per heavy atom. The van der Waals surface area contributed by atoms with Gasteiger partial charge < -0.3 is 5.32 Å². The normalized spacial score (nSPS) is 10.3. The van der Waals surface area contributed by atoms with E-state index in [2.05, 4.69) is 15.6 Å². The van der Waals surface area contributed by atoms with Crippen LogP contribution in [0.1, 0.15) is 26.4 Å². The minimum atomic E-state index is -0.325. The van der Waals surface area contributed by atoms with E-state index in [1.54, 1.807) is 35.7 Å². The van der Waals surface area contributed by atoms with E-state index >= 15 is 0 Å². The molecular weight excluding hydrogens is 358 g/mol. The van der Waals surface area contributed by atoms with Crippen LogP contribution in [0.3, 0.4) is 0 Å². The summed E-state index contributed by atoms with van der Waals surface area (Å²) in [5.74, 6) is -0.634. The van der Waals surface area contributed by atoms with Gasteiger partial charge in [-0.3, -0.25) is 14.9 Å². The van der Waals surface area contributed by atoms with E-state index in [0.717, 1.165) is 5.56 Å². The molecule has 1 aromatic heterocycles. The fourth-order valence-electron chi connectivity index (χ4n) is 2.12. The van der Waals surface area contributed by atoms with Gasteiger partial charge in [-0.2, -0.15) is 0 Å². The van der Waals surface area contributed by atoms with Crippen molar-refractivity contribution in [3.63, 3.8) is 0 Å². The van der Waals surface area contributed by atoms with Crippen molar-refractivity contribution >= 4 is 45.6 Å². The zero-order valence-corrected chi connectivity index (χ0v) is 14.8. The molecule has 25 heavy (non-hydrogen) atoms. The van der Waals surface area contributed by atoms with Gasteiger partial charge in [0.2, 0.25) is 0 Å². The van der Waals surface area contributed by atoms with E-state index in [1.165, 1.54) is 11.3 Å². The molecule has 0 atom stereocenters. The topological polar surface area (TPSA) is 71.1 Å². The largest absolute Gasteiger partial charge is 0.321 e. The van der Waals surface area contributed by atoms with Gasteiger partial charge in [-0.15, -0.1) is 11.3 Å². The summed E-state index contributed by atoms with van der Waals surface area (Å²) >= 11 is 6.99. The van der Waals surface area contributed by atoms with Crippen LogP contribution in [0.5, 0.6) is 0 Å². The number of carbonyl (C=O) groups excluding carboxylic acids is 2. The van der Waals surface area contributed by atoms with E-state index in [9.17, 15) is 9.59 Å². The summed E-state index contributed by atoms with van der Waals surface area (Å²) in [6.07, 6.45) is 0. The van der Waals surface area contributed by atoms with Crippen molar-refractivity contribution in [2.24, 2.45) is 0 Å². The molecule has 2 aromatic carbocycles. The van der Waals surface area contributed by atoms with Gasteiger partial charge in [0.25, 0.3) is 11.8 Å². The van der Waals surface area contributed by atoms with Crippen LogP contribution in [0, 0.1) is 6.92 Å². The number of hydrogen-bond acceptors (Lipinski definition) is 4. The number of amides is 2. The maximum atomic E-state index is 12.2. The Morgan fingerprint density at radius 3 is 2.52 bits per heavy atom.